The van der Waals surface area contributed by atoms with Crippen molar-refractivity contribution in [2.24, 2.45) is 0 Å². The smallest absolute Gasteiger partial charge is 0.320 e. The summed E-state index contributed by atoms with van der Waals surface area (Å²) in [5, 5.41) is 6.92. The van der Waals surface area contributed by atoms with Crippen LogP contribution in [-0.2, 0) is 6.54 Å². The van der Waals surface area contributed by atoms with Crippen molar-refractivity contribution in [1.82, 2.24) is 5.32 Å². The van der Waals surface area contributed by atoms with E-state index in [4.69, 9.17) is 5.73 Å². The molecule has 0 saturated carbocycles. The average molecular weight is 169 g/mol. The molecule has 0 saturated heterocycles. The lowest BCUT2D eigenvalue weighted by Crippen LogP contribution is -2.32. The van der Waals surface area contributed by atoms with Crippen LogP contribution in [-0.4, -0.2) is 6.03 Å². The fourth-order valence-corrected chi connectivity index (χ4v) is 1.85. The Morgan fingerprint density at radius 3 is 3.27 bits per heavy atom. The normalized spacial score (nSPS) is 15.1. The number of hydrogen-bond donors (Lipinski definition) is 3. The lowest BCUT2D eigenvalue weighted by Gasteiger charge is -2.12. The number of carbonyl (C=O) groups excluding carboxylic acids is 1. The Kier molecular flexibility index (Phi) is 1.25. The van der Waals surface area contributed by atoms with E-state index in [-0.39, 0.29) is 6.03 Å². The van der Waals surface area contributed by atoms with Gasteiger partial charge in [-0.05, 0) is 6.07 Å². The minimum Gasteiger partial charge on any atom is -0.391 e. The number of thiophene rings is 1. The Bertz CT molecular complexity index is 307. The van der Waals surface area contributed by atoms with E-state index in [9.17, 15) is 4.79 Å². The molecule has 0 aliphatic carbocycles. The molecule has 58 valence electrons. The van der Waals surface area contributed by atoms with Crippen LogP contribution in [0.5, 0.6) is 0 Å². The second kappa shape index (κ2) is 2.13. The molecule has 4 nitrogen and oxygen atoms in total. The standard InChI is InChI=1S/C6H7N3OS/c7-4-1-3-2-8-6(10)9-5(3)11-4/h1H,2,7H2,(H2,8,9,10). The van der Waals surface area contributed by atoms with Gasteiger partial charge in [-0.15, -0.1) is 11.3 Å². The molecular formula is C6H7N3OS. The number of carbonyl (C=O) groups is 1. The summed E-state index contributed by atoms with van der Waals surface area (Å²) in [5.74, 6) is 0. The molecule has 2 rings (SSSR count). The fraction of sp³-hybridized carbons (Fsp3) is 0.167. The lowest BCUT2D eigenvalue weighted by atomic mass is 10.3. The number of anilines is 2. The fourth-order valence-electron chi connectivity index (χ4n) is 1.01. The summed E-state index contributed by atoms with van der Waals surface area (Å²) < 4.78 is 0. The molecular weight excluding hydrogens is 162 g/mol. The van der Waals surface area contributed by atoms with Gasteiger partial charge in [0.2, 0.25) is 0 Å². The van der Waals surface area contributed by atoms with Gasteiger partial charge in [0.05, 0.1) is 5.00 Å². The van der Waals surface area contributed by atoms with Gasteiger partial charge < -0.3 is 11.1 Å². The summed E-state index contributed by atoms with van der Waals surface area (Å²) in [6, 6.07) is 1.71. The van der Waals surface area contributed by atoms with Crippen LogP contribution in [0.2, 0.25) is 0 Å². The number of fused-ring (bicyclic) bond motifs is 1. The van der Waals surface area contributed by atoms with Crippen molar-refractivity contribution in [3.63, 3.8) is 0 Å². The monoisotopic (exact) mass is 169 g/mol. The zero-order chi connectivity index (χ0) is 7.84. The Labute approximate surface area is 67.4 Å². The second-order valence-corrected chi connectivity index (χ2v) is 3.39. The summed E-state index contributed by atoms with van der Waals surface area (Å²) in [5.41, 5.74) is 6.61. The molecule has 1 aromatic rings. The van der Waals surface area contributed by atoms with Crippen molar-refractivity contribution in [2.45, 2.75) is 6.54 Å². The Hall–Kier alpha value is -1.23. The second-order valence-electron chi connectivity index (χ2n) is 2.31. The average Bonchev–Trinajstić information content (AvgIpc) is 2.27. The highest BCUT2D eigenvalue weighted by molar-refractivity contribution is 7.20. The van der Waals surface area contributed by atoms with Crippen LogP contribution in [0, 0.1) is 0 Å². The van der Waals surface area contributed by atoms with Crippen molar-refractivity contribution in [3.05, 3.63) is 11.6 Å². The molecule has 0 spiro atoms. The van der Waals surface area contributed by atoms with Gasteiger partial charge in [-0.3, -0.25) is 5.32 Å². The SMILES string of the molecule is Nc1cc2c(s1)NC(=O)NC2. The third-order valence-corrected chi connectivity index (χ3v) is 2.42. The van der Waals surface area contributed by atoms with Crippen LogP contribution in [0.25, 0.3) is 0 Å². The van der Waals surface area contributed by atoms with Crippen LogP contribution in [0.1, 0.15) is 5.56 Å². The Morgan fingerprint density at radius 1 is 1.64 bits per heavy atom. The molecule has 1 aromatic heterocycles. The van der Waals surface area contributed by atoms with Gasteiger partial charge in [0.1, 0.15) is 5.00 Å². The van der Waals surface area contributed by atoms with E-state index < -0.39 is 0 Å². The number of rotatable bonds is 0. The minimum atomic E-state index is -0.153. The van der Waals surface area contributed by atoms with E-state index in [1.54, 1.807) is 0 Å². The van der Waals surface area contributed by atoms with E-state index in [0.717, 1.165) is 15.6 Å². The maximum atomic E-state index is 10.8. The summed E-state index contributed by atoms with van der Waals surface area (Å²) in [4.78, 5) is 10.8. The van der Waals surface area contributed by atoms with Gasteiger partial charge in [-0.2, -0.15) is 0 Å². The van der Waals surface area contributed by atoms with Crippen LogP contribution in [0.3, 0.4) is 0 Å². The van der Waals surface area contributed by atoms with Crippen molar-refractivity contribution in [3.8, 4) is 0 Å². The zero-order valence-electron chi connectivity index (χ0n) is 5.68. The molecule has 0 radical (unpaired) electrons. The van der Waals surface area contributed by atoms with Gasteiger partial charge >= 0.3 is 6.03 Å². The number of nitrogen functional groups attached to an aromatic ring is 1. The van der Waals surface area contributed by atoms with Crippen molar-refractivity contribution in [1.29, 1.82) is 0 Å². The first-order chi connectivity index (χ1) is 5.25. The third kappa shape index (κ3) is 1.03. The van der Waals surface area contributed by atoms with E-state index in [2.05, 4.69) is 10.6 Å². The van der Waals surface area contributed by atoms with Gasteiger partial charge in [0, 0.05) is 12.1 Å². The first kappa shape index (κ1) is 6.48. The molecule has 0 atom stereocenters. The molecule has 0 unspecified atom stereocenters. The van der Waals surface area contributed by atoms with E-state index in [0.29, 0.717) is 6.54 Å². The molecule has 0 aromatic carbocycles. The van der Waals surface area contributed by atoms with E-state index in [1.165, 1.54) is 11.3 Å². The Morgan fingerprint density at radius 2 is 2.45 bits per heavy atom. The van der Waals surface area contributed by atoms with Crippen LogP contribution >= 0.6 is 11.3 Å². The van der Waals surface area contributed by atoms with E-state index in [1.807, 2.05) is 6.07 Å². The van der Waals surface area contributed by atoms with Gasteiger partial charge in [-0.1, -0.05) is 0 Å². The summed E-state index contributed by atoms with van der Waals surface area (Å²) >= 11 is 1.40. The summed E-state index contributed by atoms with van der Waals surface area (Å²) in [6.45, 7) is 0.578. The van der Waals surface area contributed by atoms with Crippen LogP contribution in [0.4, 0.5) is 14.8 Å². The number of nitrogens with two attached hydrogens (primary N) is 1. The molecule has 2 heterocycles. The van der Waals surface area contributed by atoms with Crippen LogP contribution < -0.4 is 16.4 Å². The topological polar surface area (TPSA) is 67.1 Å². The molecule has 5 heteroatoms. The lowest BCUT2D eigenvalue weighted by molar-refractivity contribution is 0.251. The minimum absolute atomic E-state index is 0.153. The molecule has 2 amide bonds. The highest BCUT2D eigenvalue weighted by Crippen LogP contribution is 2.31. The number of amides is 2. The predicted octanol–water partition coefficient (Wildman–Crippen LogP) is 0.965. The zero-order valence-corrected chi connectivity index (χ0v) is 6.49. The van der Waals surface area contributed by atoms with Gasteiger partial charge in [0.25, 0.3) is 0 Å². The molecule has 1 aliphatic rings. The van der Waals surface area contributed by atoms with Crippen molar-refractivity contribution >= 4 is 27.4 Å². The van der Waals surface area contributed by atoms with Gasteiger partial charge in [0.15, 0.2) is 0 Å². The predicted molar refractivity (Wildman–Crippen MR) is 44.6 cm³/mol. The number of urea groups is 1. The molecule has 0 bridgehead atoms. The largest absolute Gasteiger partial charge is 0.391 e. The maximum absolute atomic E-state index is 10.8. The molecule has 4 N–H and O–H groups in total. The van der Waals surface area contributed by atoms with Crippen molar-refractivity contribution in [2.75, 3.05) is 11.1 Å². The quantitative estimate of drug-likeness (QED) is 0.541. The number of nitrogens with one attached hydrogen (secondary N) is 2. The highest BCUT2D eigenvalue weighted by Gasteiger charge is 2.15. The van der Waals surface area contributed by atoms with Crippen LogP contribution in [0.15, 0.2) is 6.07 Å². The molecule has 1 aliphatic heterocycles. The Balaban J connectivity index is 2.41. The van der Waals surface area contributed by atoms with Crippen molar-refractivity contribution < 1.29 is 4.79 Å². The van der Waals surface area contributed by atoms with Gasteiger partial charge in [-0.25, -0.2) is 4.79 Å². The highest BCUT2D eigenvalue weighted by atomic mass is 32.1. The summed E-state index contributed by atoms with van der Waals surface area (Å²) in [7, 11) is 0. The first-order valence-electron chi connectivity index (χ1n) is 3.19. The third-order valence-electron chi connectivity index (χ3n) is 1.49. The summed E-state index contributed by atoms with van der Waals surface area (Å²) in [6.07, 6.45) is 0. The molecule has 11 heavy (non-hydrogen) atoms. The first-order valence-corrected chi connectivity index (χ1v) is 4.00. The number of hydrogen-bond acceptors (Lipinski definition) is 3. The molecule has 0 fully saturated rings. The van der Waals surface area contributed by atoms with E-state index >= 15 is 0 Å². The maximum Gasteiger partial charge on any atom is 0.320 e.